The monoisotopic (exact) mass is 387 g/mol. The van der Waals surface area contributed by atoms with Crippen LogP contribution in [0.1, 0.15) is 27.2 Å². The van der Waals surface area contributed by atoms with Crippen LogP contribution in [-0.4, -0.2) is 48.6 Å². The summed E-state index contributed by atoms with van der Waals surface area (Å²) in [6.07, 6.45) is -0.812. The van der Waals surface area contributed by atoms with Gasteiger partial charge in [0.05, 0.1) is 19.3 Å². The first-order chi connectivity index (χ1) is 12.3. The molecule has 0 aliphatic carbocycles. The summed E-state index contributed by atoms with van der Waals surface area (Å²) in [5.74, 6) is -0.270. The lowest BCUT2D eigenvalue weighted by Gasteiger charge is -2.29. The Morgan fingerprint density at radius 1 is 1.38 bits per heavy atom. The van der Waals surface area contributed by atoms with Crippen LogP contribution in [0.5, 0.6) is 5.75 Å². The van der Waals surface area contributed by atoms with E-state index in [0.717, 1.165) is 0 Å². The van der Waals surface area contributed by atoms with Gasteiger partial charge in [0.1, 0.15) is 17.4 Å². The van der Waals surface area contributed by atoms with Crippen molar-refractivity contribution >= 4 is 13.7 Å². The van der Waals surface area contributed by atoms with Gasteiger partial charge in [0.15, 0.2) is 0 Å². The van der Waals surface area contributed by atoms with Crippen LogP contribution in [-0.2, 0) is 23.4 Å². The quantitative estimate of drug-likeness (QED) is 0.491. The second-order valence-corrected chi connectivity index (χ2v) is 8.08. The van der Waals surface area contributed by atoms with E-state index < -0.39 is 31.5 Å². The van der Waals surface area contributed by atoms with Crippen molar-refractivity contribution < 1.29 is 33.0 Å². The molecule has 0 bridgehead atoms. The van der Waals surface area contributed by atoms with Gasteiger partial charge in [-0.15, -0.1) is 0 Å². The molecular formula is C17H26NO7P. The molecule has 1 aromatic rings. The molecule has 9 heteroatoms. The van der Waals surface area contributed by atoms with E-state index in [4.69, 9.17) is 18.5 Å². The third kappa shape index (κ3) is 5.79. The summed E-state index contributed by atoms with van der Waals surface area (Å²) in [6, 6.07) is 8.48. The molecule has 3 atom stereocenters. The average Bonchev–Trinajstić information content (AvgIpc) is 2.99. The minimum atomic E-state index is -3.96. The zero-order chi connectivity index (χ0) is 19.2. The van der Waals surface area contributed by atoms with E-state index in [-0.39, 0.29) is 13.2 Å². The number of ether oxygens (including phenoxy) is 2. The van der Waals surface area contributed by atoms with Crippen molar-refractivity contribution in [2.24, 2.45) is 0 Å². The molecule has 0 amide bonds. The summed E-state index contributed by atoms with van der Waals surface area (Å²) in [4.78, 5) is 12.1. The molecule has 1 heterocycles. The lowest BCUT2D eigenvalue weighted by atomic mass is 10.1. The first-order valence-corrected chi connectivity index (χ1v) is 10.1. The second-order valence-electron chi connectivity index (χ2n) is 6.42. The number of benzene rings is 1. The van der Waals surface area contributed by atoms with Crippen LogP contribution in [0.3, 0.4) is 0 Å². The highest BCUT2D eigenvalue weighted by Crippen LogP contribution is 2.46. The zero-order valence-corrected chi connectivity index (χ0v) is 16.1. The van der Waals surface area contributed by atoms with E-state index in [2.05, 4.69) is 5.09 Å². The topological polar surface area (TPSA) is 103 Å². The van der Waals surface area contributed by atoms with E-state index in [9.17, 15) is 14.5 Å². The van der Waals surface area contributed by atoms with Crippen molar-refractivity contribution in [3.8, 4) is 5.75 Å². The smallest absolute Gasteiger partial charge is 0.459 e. The third-order valence-electron chi connectivity index (χ3n) is 3.75. The van der Waals surface area contributed by atoms with Gasteiger partial charge in [-0.25, -0.2) is 4.57 Å². The van der Waals surface area contributed by atoms with Gasteiger partial charge in [-0.05, 0) is 39.3 Å². The Labute approximate surface area is 153 Å². The van der Waals surface area contributed by atoms with Gasteiger partial charge < -0.3 is 19.1 Å². The number of carbonyl (C=O) groups excluding carboxylic acids is 1. The van der Waals surface area contributed by atoms with Crippen LogP contribution in [0, 0.1) is 0 Å². The molecule has 0 aromatic heterocycles. The number of aliphatic hydroxyl groups is 1. The summed E-state index contributed by atoms with van der Waals surface area (Å²) in [6.45, 7) is 5.19. The largest absolute Gasteiger partial charge is 0.465 e. The van der Waals surface area contributed by atoms with Gasteiger partial charge >= 0.3 is 13.7 Å². The van der Waals surface area contributed by atoms with Crippen LogP contribution >= 0.6 is 7.75 Å². The van der Waals surface area contributed by atoms with Crippen molar-refractivity contribution in [1.82, 2.24) is 5.09 Å². The Morgan fingerprint density at radius 3 is 2.65 bits per heavy atom. The summed E-state index contributed by atoms with van der Waals surface area (Å²) in [7, 11) is -3.96. The predicted octanol–water partition coefficient (Wildman–Crippen LogP) is 2.27. The van der Waals surface area contributed by atoms with E-state index in [1.807, 2.05) is 0 Å². The normalized spacial score (nSPS) is 22.6. The van der Waals surface area contributed by atoms with E-state index in [1.54, 1.807) is 37.3 Å². The number of para-hydroxylation sites is 1. The molecule has 2 N–H and O–H groups in total. The Bertz CT molecular complexity index is 637. The van der Waals surface area contributed by atoms with Crippen LogP contribution in [0.25, 0.3) is 0 Å². The van der Waals surface area contributed by atoms with Crippen molar-refractivity contribution in [1.29, 1.82) is 0 Å². The Balaban J connectivity index is 2.14. The van der Waals surface area contributed by atoms with Crippen molar-refractivity contribution in [2.45, 2.75) is 44.9 Å². The summed E-state index contributed by atoms with van der Waals surface area (Å²) in [5.41, 5.74) is -1.31. The highest BCUT2D eigenvalue weighted by molar-refractivity contribution is 7.52. The predicted molar refractivity (Wildman–Crippen MR) is 94.8 cm³/mol. The molecule has 0 saturated carbocycles. The Kier molecular flexibility index (Phi) is 7.20. The summed E-state index contributed by atoms with van der Waals surface area (Å²) in [5, 5.41) is 12.5. The van der Waals surface area contributed by atoms with Gasteiger partial charge in [-0.1, -0.05) is 18.2 Å². The fourth-order valence-electron chi connectivity index (χ4n) is 2.37. The van der Waals surface area contributed by atoms with Gasteiger partial charge in [0.25, 0.3) is 0 Å². The molecule has 26 heavy (non-hydrogen) atoms. The molecule has 1 aromatic carbocycles. The highest BCUT2D eigenvalue weighted by Gasteiger charge is 2.41. The highest BCUT2D eigenvalue weighted by atomic mass is 31.2. The zero-order valence-electron chi connectivity index (χ0n) is 15.2. The number of carbonyl (C=O) groups is 1. The molecular weight excluding hydrogens is 361 g/mol. The number of rotatable bonds is 9. The van der Waals surface area contributed by atoms with Gasteiger partial charge in [-0.3, -0.25) is 9.32 Å². The van der Waals surface area contributed by atoms with Crippen molar-refractivity contribution in [3.05, 3.63) is 30.3 Å². The number of aliphatic hydroxyl groups excluding tert-OH is 1. The number of hydrogen-bond donors (Lipinski definition) is 2. The molecule has 1 aliphatic heterocycles. The molecule has 0 radical (unpaired) electrons. The van der Waals surface area contributed by atoms with Crippen LogP contribution in [0.4, 0.5) is 0 Å². The minimum Gasteiger partial charge on any atom is -0.465 e. The number of hydrogen-bond acceptors (Lipinski definition) is 7. The fraction of sp³-hybridized carbons (Fsp3) is 0.588. The van der Waals surface area contributed by atoms with Crippen molar-refractivity contribution in [2.75, 3.05) is 19.8 Å². The van der Waals surface area contributed by atoms with Crippen LogP contribution < -0.4 is 9.61 Å². The molecule has 146 valence electrons. The molecule has 1 saturated heterocycles. The minimum absolute atomic E-state index is 0.142. The molecule has 2 rings (SSSR count). The second kappa shape index (κ2) is 8.97. The molecule has 1 fully saturated rings. The van der Waals surface area contributed by atoms with Crippen molar-refractivity contribution in [3.63, 3.8) is 0 Å². The maximum atomic E-state index is 13.3. The fourth-order valence-corrected chi connectivity index (χ4v) is 4.05. The SMILES string of the molecule is CCOC(=O)C(C)(C)NP(=O)(OC[C@H]1OCC[C@H]1O)Oc1ccccc1. The Hall–Kier alpha value is -1.44. The van der Waals surface area contributed by atoms with E-state index in [1.165, 1.54) is 13.8 Å². The maximum Gasteiger partial charge on any atom is 0.459 e. The first kappa shape index (κ1) is 20.9. The third-order valence-corrected chi connectivity index (χ3v) is 5.53. The average molecular weight is 387 g/mol. The standard InChI is InChI=1S/C17H26NO7P/c1-4-22-16(20)17(2,3)18-26(21,25-13-8-6-5-7-9-13)24-12-15-14(19)10-11-23-15/h5-9,14-15,19H,4,10-12H2,1-3H3,(H,18,21)/t14-,15-,26?/m1/s1. The molecule has 1 unspecified atom stereocenters. The number of nitrogens with one attached hydrogen (secondary N) is 1. The maximum absolute atomic E-state index is 13.3. The lowest BCUT2D eigenvalue weighted by Crippen LogP contribution is -2.47. The Morgan fingerprint density at radius 2 is 2.08 bits per heavy atom. The van der Waals surface area contributed by atoms with E-state index >= 15 is 0 Å². The van der Waals surface area contributed by atoms with E-state index in [0.29, 0.717) is 18.8 Å². The van der Waals surface area contributed by atoms with Gasteiger partial charge in [0, 0.05) is 6.61 Å². The molecule has 0 spiro atoms. The number of esters is 1. The molecule has 8 nitrogen and oxygen atoms in total. The lowest BCUT2D eigenvalue weighted by molar-refractivity contribution is -0.149. The van der Waals surface area contributed by atoms with Crippen LogP contribution in [0.15, 0.2) is 30.3 Å². The van der Waals surface area contributed by atoms with Crippen LogP contribution in [0.2, 0.25) is 0 Å². The summed E-state index contributed by atoms with van der Waals surface area (Å²) >= 11 is 0. The first-order valence-electron chi connectivity index (χ1n) is 8.51. The van der Waals surface area contributed by atoms with Gasteiger partial charge in [-0.2, -0.15) is 5.09 Å². The van der Waals surface area contributed by atoms with Gasteiger partial charge in [0.2, 0.25) is 0 Å². The molecule has 1 aliphatic rings. The summed E-state index contributed by atoms with van der Waals surface area (Å²) < 4.78 is 34.6.